The highest BCUT2D eigenvalue weighted by molar-refractivity contribution is 5.77. The Morgan fingerprint density at radius 1 is 0.667 bits per heavy atom. The van der Waals surface area contributed by atoms with Crippen LogP contribution in [0.5, 0.6) is 0 Å². The van der Waals surface area contributed by atoms with Crippen molar-refractivity contribution in [1.82, 2.24) is 5.32 Å². The minimum absolute atomic E-state index is 0.106. The van der Waals surface area contributed by atoms with E-state index in [1.54, 1.807) is 6.08 Å². The SMILES string of the molecule is C=CCO[C@H]1O[C@@H]2COC(C)(C)O[C@H]2[C@H](OC(=O)C[C@@H](CCCCCCCCCCC)OC(=O)CCCCCCCCCCCCC)[C@H]1NC(=O)C[C@H](CCCCCCCCCCC)OCc1ccccc1. The zero-order valence-corrected chi connectivity index (χ0v) is 46.5. The van der Waals surface area contributed by atoms with Gasteiger partial charge >= 0.3 is 11.9 Å². The third-order valence-corrected chi connectivity index (χ3v) is 14.3. The lowest BCUT2D eigenvalue weighted by molar-refractivity contribution is -0.368. The Kier molecular flexibility index (Phi) is 35.7. The summed E-state index contributed by atoms with van der Waals surface area (Å²) in [6, 6.07) is 9.09. The van der Waals surface area contributed by atoms with Crippen molar-refractivity contribution in [2.75, 3.05) is 13.2 Å². The number of benzene rings is 1. The second-order valence-corrected chi connectivity index (χ2v) is 21.5. The monoisotopic (exact) mass is 1010 g/mol. The van der Waals surface area contributed by atoms with Crippen LogP contribution in [0, 0.1) is 0 Å². The van der Waals surface area contributed by atoms with Gasteiger partial charge in [-0.3, -0.25) is 14.4 Å². The normalized spacial score (nSPS) is 20.3. The zero-order chi connectivity index (χ0) is 51.9. The van der Waals surface area contributed by atoms with Gasteiger partial charge in [0.1, 0.15) is 24.4 Å². The van der Waals surface area contributed by atoms with Crippen LogP contribution in [0.25, 0.3) is 0 Å². The van der Waals surface area contributed by atoms with Crippen molar-refractivity contribution in [1.29, 1.82) is 0 Å². The Bertz CT molecular complexity index is 1520. The van der Waals surface area contributed by atoms with Gasteiger partial charge in [0.15, 0.2) is 18.2 Å². The maximum Gasteiger partial charge on any atom is 0.310 e. The van der Waals surface area contributed by atoms with E-state index in [4.69, 9.17) is 33.2 Å². The molecule has 0 spiro atoms. The van der Waals surface area contributed by atoms with E-state index in [1.807, 2.05) is 44.2 Å². The van der Waals surface area contributed by atoms with Gasteiger partial charge in [0.2, 0.25) is 5.91 Å². The Hall–Kier alpha value is -2.83. The highest BCUT2D eigenvalue weighted by Crippen LogP contribution is 2.35. The topological polar surface area (TPSA) is 128 Å². The van der Waals surface area contributed by atoms with Crippen molar-refractivity contribution in [2.24, 2.45) is 0 Å². The highest BCUT2D eigenvalue weighted by Gasteiger charge is 2.54. The van der Waals surface area contributed by atoms with E-state index in [2.05, 4.69) is 32.7 Å². The van der Waals surface area contributed by atoms with Crippen LogP contribution in [-0.4, -0.2) is 79.7 Å². The van der Waals surface area contributed by atoms with Crippen molar-refractivity contribution < 1.29 is 47.5 Å². The lowest BCUT2D eigenvalue weighted by Crippen LogP contribution is -2.69. The molecule has 2 aliphatic heterocycles. The smallest absolute Gasteiger partial charge is 0.310 e. The number of hydrogen-bond acceptors (Lipinski definition) is 10. The van der Waals surface area contributed by atoms with Crippen LogP contribution in [-0.2, 0) is 54.1 Å². The van der Waals surface area contributed by atoms with Gasteiger partial charge in [-0.1, -0.05) is 231 Å². The summed E-state index contributed by atoms with van der Waals surface area (Å²) in [5, 5.41) is 3.18. The molecule has 11 nitrogen and oxygen atoms in total. The van der Waals surface area contributed by atoms with Crippen LogP contribution in [0.4, 0.5) is 0 Å². The Labute approximate surface area is 439 Å². The van der Waals surface area contributed by atoms with E-state index in [0.717, 1.165) is 63.4 Å². The summed E-state index contributed by atoms with van der Waals surface area (Å²) < 4.78 is 44.2. The van der Waals surface area contributed by atoms with Crippen LogP contribution in [0.3, 0.4) is 0 Å². The van der Waals surface area contributed by atoms with Crippen LogP contribution >= 0.6 is 0 Å². The molecule has 414 valence electrons. The molecule has 1 amide bonds. The van der Waals surface area contributed by atoms with E-state index in [9.17, 15) is 14.4 Å². The first-order valence-electron chi connectivity index (χ1n) is 29.6. The Morgan fingerprint density at radius 3 is 1.69 bits per heavy atom. The largest absolute Gasteiger partial charge is 0.462 e. The molecule has 72 heavy (non-hydrogen) atoms. The second-order valence-electron chi connectivity index (χ2n) is 21.5. The van der Waals surface area contributed by atoms with Gasteiger partial charge in [-0.05, 0) is 45.1 Å². The molecule has 2 saturated heterocycles. The molecule has 3 rings (SSSR count). The fourth-order valence-electron chi connectivity index (χ4n) is 10.0. The van der Waals surface area contributed by atoms with Crippen LogP contribution in [0.15, 0.2) is 43.0 Å². The zero-order valence-electron chi connectivity index (χ0n) is 46.5. The summed E-state index contributed by atoms with van der Waals surface area (Å²) in [4.78, 5) is 42.0. The van der Waals surface area contributed by atoms with E-state index >= 15 is 0 Å². The number of fused-ring (bicyclic) bond motifs is 1. The summed E-state index contributed by atoms with van der Waals surface area (Å²) in [5.74, 6) is -2.08. The summed E-state index contributed by atoms with van der Waals surface area (Å²) in [6.45, 7) is 14.9. The van der Waals surface area contributed by atoms with Crippen LogP contribution in [0.1, 0.15) is 258 Å². The van der Waals surface area contributed by atoms with E-state index in [-0.39, 0.29) is 44.0 Å². The first-order chi connectivity index (χ1) is 35.1. The van der Waals surface area contributed by atoms with Crippen molar-refractivity contribution in [3.05, 3.63) is 48.6 Å². The van der Waals surface area contributed by atoms with Gasteiger partial charge in [0, 0.05) is 6.42 Å². The van der Waals surface area contributed by atoms with Crippen molar-refractivity contribution in [3.63, 3.8) is 0 Å². The minimum Gasteiger partial charge on any atom is -0.462 e. The first-order valence-corrected chi connectivity index (χ1v) is 29.6. The fourth-order valence-corrected chi connectivity index (χ4v) is 10.0. The lowest BCUT2D eigenvalue weighted by Gasteiger charge is -2.50. The summed E-state index contributed by atoms with van der Waals surface area (Å²) in [6.07, 6.45) is 33.4. The average molecular weight is 1010 g/mol. The number of unbranched alkanes of at least 4 members (excludes halogenated alkanes) is 26. The summed E-state index contributed by atoms with van der Waals surface area (Å²) >= 11 is 0. The molecule has 2 fully saturated rings. The molecule has 0 bridgehead atoms. The number of nitrogens with one attached hydrogen (secondary N) is 1. The number of ether oxygens (including phenoxy) is 7. The Balaban J connectivity index is 1.73. The van der Waals surface area contributed by atoms with Crippen molar-refractivity contribution in [3.8, 4) is 0 Å². The predicted octanol–water partition coefficient (Wildman–Crippen LogP) is 15.3. The molecule has 1 aromatic rings. The summed E-state index contributed by atoms with van der Waals surface area (Å²) in [5.41, 5.74) is 1.04. The molecule has 0 saturated carbocycles. The number of carbonyl (C=O) groups excluding carboxylic acids is 3. The quantitative estimate of drug-likeness (QED) is 0.0383. The van der Waals surface area contributed by atoms with Gasteiger partial charge in [0.25, 0.3) is 0 Å². The lowest BCUT2D eigenvalue weighted by atomic mass is 9.94. The second kappa shape index (κ2) is 40.5. The van der Waals surface area contributed by atoms with Crippen molar-refractivity contribution in [2.45, 2.75) is 308 Å². The molecule has 11 heteroatoms. The predicted molar refractivity (Wildman–Crippen MR) is 290 cm³/mol. The molecular formula is C61H105NO10. The third kappa shape index (κ3) is 29.3. The number of carbonyl (C=O) groups is 3. The number of rotatable bonds is 45. The van der Waals surface area contributed by atoms with Gasteiger partial charge in [-0.2, -0.15) is 0 Å². The third-order valence-electron chi connectivity index (χ3n) is 14.3. The molecule has 0 aromatic heterocycles. The number of hydrogen-bond donors (Lipinski definition) is 1. The molecule has 2 aliphatic rings. The summed E-state index contributed by atoms with van der Waals surface area (Å²) in [7, 11) is 0. The molecule has 7 atom stereocenters. The fraction of sp³-hybridized carbons (Fsp3) is 0.820. The van der Waals surface area contributed by atoms with Gasteiger partial charge in [-0.25, -0.2) is 0 Å². The average Bonchev–Trinajstić information content (AvgIpc) is 3.36. The molecule has 0 radical (unpaired) electrons. The molecule has 0 unspecified atom stereocenters. The van der Waals surface area contributed by atoms with E-state index < -0.39 is 48.5 Å². The van der Waals surface area contributed by atoms with Gasteiger partial charge in [-0.15, -0.1) is 6.58 Å². The van der Waals surface area contributed by atoms with Crippen LogP contribution < -0.4 is 5.32 Å². The maximum atomic E-state index is 14.3. The van der Waals surface area contributed by atoms with E-state index in [0.29, 0.717) is 19.4 Å². The van der Waals surface area contributed by atoms with Gasteiger partial charge < -0.3 is 38.5 Å². The number of amides is 1. The molecule has 0 aliphatic carbocycles. The standard InChI is InChI=1S/C61H105NO10/c1-7-11-14-17-20-23-24-27-30-33-39-44-55(64)69-52(43-38-32-29-26-22-19-16-13-9-3)47-56(65)71-59-57(60(66-45-10-4)70-53-49-68-61(5,6)72-58(53)59)62-54(63)46-51(67-48-50-40-35-34-36-41-50)42-37-31-28-25-21-18-15-12-8-2/h10,34-36,40-41,51-53,57-60H,4,7-9,11-33,37-39,42-49H2,1-3,5-6H3,(H,62,63)/t51-,52+,53+,57+,58+,59+,60-/m0/s1. The van der Waals surface area contributed by atoms with Crippen molar-refractivity contribution >= 4 is 17.8 Å². The molecule has 1 aromatic carbocycles. The van der Waals surface area contributed by atoms with Crippen LogP contribution in [0.2, 0.25) is 0 Å². The van der Waals surface area contributed by atoms with Gasteiger partial charge in [0.05, 0.1) is 38.8 Å². The maximum absolute atomic E-state index is 14.3. The number of esters is 2. The molecular weight excluding hydrogens is 907 g/mol. The highest BCUT2D eigenvalue weighted by atomic mass is 16.8. The minimum atomic E-state index is -1.01. The molecule has 1 N–H and O–H groups in total. The van der Waals surface area contributed by atoms with E-state index in [1.165, 1.54) is 135 Å². The molecule has 2 heterocycles. The Morgan fingerprint density at radius 2 is 1.17 bits per heavy atom. The first kappa shape index (κ1) is 63.5.